The molecule has 0 saturated carbocycles. The molecule has 1 spiro atoms. The second-order valence-corrected chi connectivity index (χ2v) is 8.79. The van der Waals surface area contributed by atoms with Gasteiger partial charge in [-0.2, -0.15) is 10.1 Å². The molecular weight excluding hydrogens is 384 g/mol. The Morgan fingerprint density at radius 1 is 1.21 bits per heavy atom. The third-order valence-corrected chi connectivity index (χ3v) is 6.94. The molecule has 0 atom stereocenters. The first-order valence-corrected chi connectivity index (χ1v) is 10.8. The average molecular weight is 404 g/mol. The van der Waals surface area contributed by atoms with Crippen molar-refractivity contribution in [1.29, 1.82) is 0 Å². The largest absolute Gasteiger partial charge is 0.381 e. The molecule has 146 valence electrons. The Kier molecular flexibility index (Phi) is 3.86. The summed E-state index contributed by atoms with van der Waals surface area (Å²) in [4.78, 5) is 12.9. The molecule has 0 aromatic carbocycles. The fourth-order valence-electron chi connectivity index (χ4n) is 4.44. The van der Waals surface area contributed by atoms with Crippen LogP contribution >= 0.6 is 11.3 Å². The highest BCUT2D eigenvalue weighted by atomic mass is 32.1. The van der Waals surface area contributed by atoms with Gasteiger partial charge in [0.15, 0.2) is 11.3 Å². The zero-order valence-electron chi connectivity index (χ0n) is 15.9. The summed E-state index contributed by atoms with van der Waals surface area (Å²) in [6, 6.07) is 4.00. The number of anilines is 1. The number of hydrogen-bond acceptors (Lipinski definition) is 6. The molecule has 0 aliphatic carbocycles. The summed E-state index contributed by atoms with van der Waals surface area (Å²) < 4.78 is 7.74. The summed E-state index contributed by atoms with van der Waals surface area (Å²) in [7, 11) is 0. The molecule has 7 nitrogen and oxygen atoms in total. The van der Waals surface area contributed by atoms with E-state index < -0.39 is 0 Å². The van der Waals surface area contributed by atoms with Crippen LogP contribution in [-0.4, -0.2) is 50.9 Å². The summed E-state index contributed by atoms with van der Waals surface area (Å²) in [5, 5.41) is 10.4. The molecular formula is C21H20N6OS. The summed E-state index contributed by atoms with van der Waals surface area (Å²) in [5.74, 6) is 7.28. The predicted molar refractivity (Wildman–Crippen MR) is 112 cm³/mol. The molecule has 4 aromatic rings. The maximum Gasteiger partial charge on any atom is 0.213 e. The Morgan fingerprint density at radius 3 is 2.93 bits per heavy atom. The molecule has 0 bridgehead atoms. The molecule has 2 aliphatic heterocycles. The van der Waals surface area contributed by atoms with Crippen molar-refractivity contribution < 1.29 is 4.74 Å². The summed E-state index contributed by atoms with van der Waals surface area (Å²) >= 11 is 1.62. The Bertz CT molecular complexity index is 1230. The van der Waals surface area contributed by atoms with E-state index in [1.165, 1.54) is 6.42 Å². The lowest BCUT2D eigenvalue weighted by Crippen LogP contribution is -2.41. The van der Waals surface area contributed by atoms with Crippen molar-refractivity contribution in [2.24, 2.45) is 5.41 Å². The van der Waals surface area contributed by atoms with Crippen molar-refractivity contribution in [3.63, 3.8) is 0 Å². The lowest BCUT2D eigenvalue weighted by molar-refractivity contribution is 0.133. The lowest BCUT2D eigenvalue weighted by Gasteiger charge is -2.38. The van der Waals surface area contributed by atoms with E-state index in [4.69, 9.17) is 9.72 Å². The van der Waals surface area contributed by atoms with Crippen LogP contribution in [0.1, 0.15) is 29.8 Å². The third-order valence-electron chi connectivity index (χ3n) is 6.16. The van der Waals surface area contributed by atoms with Gasteiger partial charge in [-0.05, 0) is 48.0 Å². The van der Waals surface area contributed by atoms with E-state index in [0.717, 1.165) is 66.7 Å². The van der Waals surface area contributed by atoms with E-state index in [2.05, 4.69) is 36.3 Å². The molecule has 6 rings (SSSR count). The van der Waals surface area contributed by atoms with E-state index >= 15 is 0 Å². The summed E-state index contributed by atoms with van der Waals surface area (Å²) in [6.07, 6.45) is 7.26. The number of nitrogens with one attached hydrogen (secondary N) is 1. The van der Waals surface area contributed by atoms with Gasteiger partial charge in [0, 0.05) is 32.1 Å². The Hall–Kier alpha value is -2.89. The number of nitrogens with zero attached hydrogens (tertiary/aromatic N) is 5. The van der Waals surface area contributed by atoms with Gasteiger partial charge in [-0.15, -0.1) is 11.3 Å². The highest BCUT2D eigenvalue weighted by Gasteiger charge is 2.38. The van der Waals surface area contributed by atoms with Gasteiger partial charge in [0.2, 0.25) is 5.95 Å². The van der Waals surface area contributed by atoms with Crippen molar-refractivity contribution in [3.8, 4) is 11.8 Å². The normalized spacial score (nSPS) is 18.6. The SMILES string of the molecule is C(#Cc1n[nH]c2nc(N3CCC4(CCOC4)CC3)n3ccnc3c12)c1cccs1. The van der Waals surface area contributed by atoms with Crippen molar-refractivity contribution in [1.82, 2.24) is 24.6 Å². The molecule has 0 amide bonds. The molecule has 6 heterocycles. The van der Waals surface area contributed by atoms with E-state index in [-0.39, 0.29) is 0 Å². The van der Waals surface area contributed by atoms with Crippen LogP contribution in [0.15, 0.2) is 29.9 Å². The first-order chi connectivity index (χ1) is 14.3. The Labute approximate surface area is 171 Å². The second-order valence-electron chi connectivity index (χ2n) is 7.85. The van der Waals surface area contributed by atoms with Gasteiger partial charge in [0.25, 0.3) is 0 Å². The number of imidazole rings is 1. The number of rotatable bonds is 1. The zero-order chi connectivity index (χ0) is 19.3. The standard InChI is InChI=1S/C21H20N6OS/c1-2-15(29-13-1)3-4-16-17-18(25-24-16)23-20(27-11-8-22-19(17)27)26-9-5-21(6-10-26)7-12-28-14-21/h1-2,8,11,13H,5-7,9-10,12,14H2,(H,24,25). The van der Waals surface area contributed by atoms with Crippen LogP contribution in [0.3, 0.4) is 0 Å². The number of thiophene rings is 1. The van der Waals surface area contributed by atoms with Gasteiger partial charge in [-0.3, -0.25) is 9.50 Å². The monoisotopic (exact) mass is 404 g/mol. The van der Waals surface area contributed by atoms with Crippen LogP contribution in [-0.2, 0) is 4.74 Å². The number of ether oxygens (including phenoxy) is 1. The van der Waals surface area contributed by atoms with Crippen LogP contribution in [0.2, 0.25) is 0 Å². The smallest absolute Gasteiger partial charge is 0.213 e. The predicted octanol–water partition coefficient (Wildman–Crippen LogP) is 3.07. The molecule has 2 fully saturated rings. The van der Waals surface area contributed by atoms with Gasteiger partial charge >= 0.3 is 0 Å². The topological polar surface area (TPSA) is 71.3 Å². The van der Waals surface area contributed by atoms with Crippen LogP contribution in [0.5, 0.6) is 0 Å². The first-order valence-electron chi connectivity index (χ1n) is 9.91. The minimum atomic E-state index is 0.368. The van der Waals surface area contributed by atoms with Crippen molar-refractivity contribution >= 4 is 34.0 Å². The highest BCUT2D eigenvalue weighted by molar-refractivity contribution is 7.10. The molecule has 0 radical (unpaired) electrons. The molecule has 1 N–H and O–H groups in total. The minimum Gasteiger partial charge on any atom is -0.381 e. The molecule has 4 aromatic heterocycles. The lowest BCUT2D eigenvalue weighted by atomic mass is 9.78. The fourth-order valence-corrected chi connectivity index (χ4v) is 5.01. The summed E-state index contributed by atoms with van der Waals surface area (Å²) in [6.45, 7) is 3.77. The van der Waals surface area contributed by atoms with Crippen LogP contribution in [0.4, 0.5) is 5.95 Å². The maximum absolute atomic E-state index is 5.67. The van der Waals surface area contributed by atoms with Gasteiger partial charge in [0.1, 0.15) is 5.69 Å². The second kappa shape index (κ2) is 6.58. The minimum absolute atomic E-state index is 0.368. The van der Waals surface area contributed by atoms with Crippen LogP contribution in [0.25, 0.3) is 16.7 Å². The quantitative estimate of drug-likeness (QED) is 0.494. The maximum atomic E-state index is 5.67. The number of piperidine rings is 1. The van der Waals surface area contributed by atoms with E-state index in [1.807, 2.05) is 29.9 Å². The van der Waals surface area contributed by atoms with E-state index in [1.54, 1.807) is 11.3 Å². The van der Waals surface area contributed by atoms with Crippen molar-refractivity contribution in [2.75, 3.05) is 31.2 Å². The number of H-pyrrole nitrogens is 1. The van der Waals surface area contributed by atoms with Gasteiger partial charge in [-0.25, -0.2) is 4.98 Å². The van der Waals surface area contributed by atoms with Gasteiger partial charge in [0.05, 0.1) is 16.9 Å². The van der Waals surface area contributed by atoms with Gasteiger partial charge < -0.3 is 9.64 Å². The zero-order valence-corrected chi connectivity index (χ0v) is 16.7. The summed E-state index contributed by atoms with van der Waals surface area (Å²) in [5.41, 5.74) is 2.63. The molecule has 2 aliphatic rings. The van der Waals surface area contributed by atoms with Crippen molar-refractivity contribution in [2.45, 2.75) is 19.3 Å². The fraction of sp³-hybridized carbons (Fsp3) is 0.381. The molecule has 29 heavy (non-hydrogen) atoms. The van der Waals surface area contributed by atoms with Crippen molar-refractivity contribution in [3.05, 3.63) is 40.5 Å². The van der Waals surface area contributed by atoms with Gasteiger partial charge in [-0.1, -0.05) is 6.07 Å². The Balaban J connectivity index is 1.39. The van der Waals surface area contributed by atoms with Crippen LogP contribution < -0.4 is 4.90 Å². The molecule has 2 saturated heterocycles. The number of aromatic amines is 1. The highest BCUT2D eigenvalue weighted by Crippen LogP contribution is 2.40. The number of hydrogen-bond donors (Lipinski definition) is 1. The first kappa shape index (κ1) is 17.0. The number of fused-ring (bicyclic) bond motifs is 3. The van der Waals surface area contributed by atoms with E-state index in [9.17, 15) is 0 Å². The third kappa shape index (κ3) is 2.81. The molecule has 0 unspecified atom stereocenters. The van der Waals surface area contributed by atoms with Crippen LogP contribution in [0, 0.1) is 17.3 Å². The molecule has 8 heteroatoms. The number of aromatic nitrogens is 5. The average Bonchev–Trinajstić information content (AvgIpc) is 3.53. The Morgan fingerprint density at radius 2 is 2.14 bits per heavy atom. The van der Waals surface area contributed by atoms with E-state index in [0.29, 0.717) is 11.1 Å².